The number of allylic oxidation sites excluding steroid dienone is 2. The molecule has 0 atom stereocenters. The van der Waals surface area contributed by atoms with E-state index in [1.165, 1.54) is 120 Å². The summed E-state index contributed by atoms with van der Waals surface area (Å²) >= 11 is 1.87. The maximum Gasteiger partial charge on any atom is 0.0541 e. The van der Waals surface area contributed by atoms with Crippen LogP contribution in [0, 0.1) is 34.6 Å². The van der Waals surface area contributed by atoms with Crippen LogP contribution in [0.2, 0.25) is 0 Å². The first kappa shape index (κ1) is 35.0. The van der Waals surface area contributed by atoms with Gasteiger partial charge in [0.15, 0.2) is 0 Å². The third-order valence-corrected chi connectivity index (χ3v) is 13.3. The van der Waals surface area contributed by atoms with Crippen LogP contribution in [0.25, 0.3) is 98.6 Å². The van der Waals surface area contributed by atoms with Crippen LogP contribution in [-0.4, -0.2) is 4.57 Å². The van der Waals surface area contributed by atoms with Crippen molar-refractivity contribution in [2.75, 3.05) is 0 Å². The minimum absolute atomic E-state index is 1.15. The van der Waals surface area contributed by atoms with Crippen LogP contribution in [0.3, 0.4) is 0 Å². The summed E-state index contributed by atoms with van der Waals surface area (Å²) in [4.78, 5) is 1.32. The highest BCUT2D eigenvalue weighted by Crippen LogP contribution is 2.46. The van der Waals surface area contributed by atoms with E-state index in [-0.39, 0.29) is 0 Å². The fourth-order valence-corrected chi connectivity index (χ4v) is 10.2. The molecule has 57 heavy (non-hydrogen) atoms. The third kappa shape index (κ3) is 5.58. The van der Waals surface area contributed by atoms with Gasteiger partial charge in [-0.3, -0.25) is 0 Å². The van der Waals surface area contributed by atoms with Crippen molar-refractivity contribution in [1.29, 1.82) is 0 Å². The number of fused-ring (bicyclic) bond motifs is 6. The average Bonchev–Trinajstić information content (AvgIpc) is 3.74. The normalized spacial score (nSPS) is 11.9. The van der Waals surface area contributed by atoms with Gasteiger partial charge in [0.2, 0.25) is 0 Å². The molecule has 2 heteroatoms. The van der Waals surface area contributed by atoms with Gasteiger partial charge in [-0.15, -0.1) is 11.3 Å². The number of hydrogen-bond donors (Lipinski definition) is 0. The summed E-state index contributed by atoms with van der Waals surface area (Å²) in [5, 5.41) is 9.00. The van der Waals surface area contributed by atoms with Crippen molar-refractivity contribution in [2.45, 2.75) is 34.6 Å². The summed E-state index contributed by atoms with van der Waals surface area (Å²) in [7, 11) is 0. The number of nitrogens with zero attached hydrogens (tertiary/aromatic N) is 1. The van der Waals surface area contributed by atoms with Gasteiger partial charge in [-0.25, -0.2) is 0 Å². The number of hydrogen-bond acceptors (Lipinski definition) is 1. The van der Waals surface area contributed by atoms with Gasteiger partial charge in [-0.05, 0) is 148 Å². The molecule has 0 bridgehead atoms. The predicted molar refractivity (Wildman–Crippen MR) is 250 cm³/mol. The molecule has 10 aromatic rings. The molecular weight excluding hydrogens is 707 g/mol. The monoisotopic (exact) mass is 749 g/mol. The lowest BCUT2D eigenvalue weighted by atomic mass is 9.83. The van der Waals surface area contributed by atoms with Crippen molar-refractivity contribution in [3.8, 4) is 39.1 Å². The van der Waals surface area contributed by atoms with Crippen LogP contribution >= 0.6 is 11.3 Å². The molecule has 8 aromatic carbocycles. The van der Waals surface area contributed by atoms with Gasteiger partial charge in [0, 0.05) is 31.4 Å². The summed E-state index contributed by atoms with van der Waals surface area (Å²) in [6.07, 6.45) is 6.06. The fraction of sp³-hybridized carbons (Fsp3) is 0.0909. The molecule has 0 spiro atoms. The minimum Gasteiger partial charge on any atom is -0.309 e. The van der Waals surface area contributed by atoms with Crippen LogP contribution in [0.4, 0.5) is 0 Å². The van der Waals surface area contributed by atoms with Gasteiger partial charge in [-0.1, -0.05) is 134 Å². The molecule has 0 radical (unpaired) electrons. The van der Waals surface area contributed by atoms with Crippen molar-refractivity contribution in [3.05, 3.63) is 191 Å². The first-order valence-electron chi connectivity index (χ1n) is 19.8. The van der Waals surface area contributed by atoms with Crippen LogP contribution < -0.4 is 0 Å². The van der Waals surface area contributed by atoms with E-state index in [9.17, 15) is 0 Å². The molecule has 10 rings (SSSR count). The molecule has 0 fully saturated rings. The van der Waals surface area contributed by atoms with E-state index < -0.39 is 0 Å². The lowest BCUT2D eigenvalue weighted by molar-refractivity contribution is 1.18. The van der Waals surface area contributed by atoms with Crippen molar-refractivity contribution in [2.24, 2.45) is 0 Å². The van der Waals surface area contributed by atoms with Crippen LogP contribution in [0.1, 0.15) is 32.7 Å². The summed E-state index contributed by atoms with van der Waals surface area (Å²) in [5.41, 5.74) is 17.7. The SMILES string of the molecule is C=C/C=C\c1c(C)sc2c(-c3ccc4c(c3)c3ccccc3n4-c3ccc(-c4c5cc(C)c(C)cc5c(-c5ccccc5)c5cc(C)c(C)cc45)cc3)cccc12. The number of aromatic nitrogens is 1. The Morgan fingerprint density at radius 2 is 1.02 bits per heavy atom. The molecule has 0 unspecified atom stereocenters. The van der Waals surface area contributed by atoms with Crippen molar-refractivity contribution in [1.82, 2.24) is 4.57 Å². The van der Waals surface area contributed by atoms with Gasteiger partial charge < -0.3 is 4.57 Å². The molecule has 274 valence electrons. The van der Waals surface area contributed by atoms with Crippen molar-refractivity contribution < 1.29 is 0 Å². The second-order valence-corrected chi connectivity index (χ2v) is 16.8. The lowest BCUT2D eigenvalue weighted by Gasteiger charge is -2.20. The number of aryl methyl sites for hydroxylation is 5. The molecule has 0 amide bonds. The molecular formula is C55H43NS. The van der Waals surface area contributed by atoms with Gasteiger partial charge in [0.1, 0.15) is 0 Å². The van der Waals surface area contributed by atoms with Crippen LogP contribution in [0.5, 0.6) is 0 Å². The highest BCUT2D eigenvalue weighted by molar-refractivity contribution is 7.20. The smallest absolute Gasteiger partial charge is 0.0541 e. The number of rotatable bonds is 6. The van der Waals surface area contributed by atoms with Gasteiger partial charge in [0.25, 0.3) is 0 Å². The molecule has 1 nitrogen and oxygen atoms in total. The Hall–Kier alpha value is -6.48. The highest BCUT2D eigenvalue weighted by atomic mass is 32.1. The molecule has 2 heterocycles. The zero-order valence-electron chi connectivity index (χ0n) is 33.1. The number of para-hydroxylation sites is 1. The predicted octanol–water partition coefficient (Wildman–Crippen LogP) is 16.0. The number of benzene rings is 8. The van der Waals surface area contributed by atoms with E-state index in [4.69, 9.17) is 0 Å². The fourth-order valence-electron chi connectivity index (χ4n) is 9.03. The van der Waals surface area contributed by atoms with E-state index in [0.717, 1.165) is 5.69 Å². The third-order valence-electron chi connectivity index (χ3n) is 12.1. The zero-order chi connectivity index (χ0) is 38.9. The molecule has 0 saturated heterocycles. The first-order valence-corrected chi connectivity index (χ1v) is 20.6. The summed E-state index contributed by atoms with van der Waals surface area (Å²) in [6.45, 7) is 15.1. The second kappa shape index (κ2) is 13.6. The van der Waals surface area contributed by atoms with Crippen LogP contribution in [0.15, 0.2) is 158 Å². The largest absolute Gasteiger partial charge is 0.309 e. The van der Waals surface area contributed by atoms with E-state index in [1.807, 2.05) is 23.5 Å². The van der Waals surface area contributed by atoms with Crippen LogP contribution in [-0.2, 0) is 0 Å². The molecule has 0 N–H and O–H groups in total. The zero-order valence-corrected chi connectivity index (χ0v) is 33.9. The van der Waals surface area contributed by atoms with E-state index in [1.54, 1.807) is 0 Å². The molecule has 0 aliphatic carbocycles. The Morgan fingerprint density at radius 1 is 0.474 bits per heavy atom. The Kier molecular flexibility index (Phi) is 8.36. The average molecular weight is 750 g/mol. The van der Waals surface area contributed by atoms with Crippen molar-refractivity contribution >= 4 is 70.8 Å². The van der Waals surface area contributed by atoms with E-state index >= 15 is 0 Å². The molecule has 0 aliphatic rings. The first-order chi connectivity index (χ1) is 27.8. The molecule has 2 aromatic heterocycles. The Balaban J connectivity index is 1.16. The summed E-state index contributed by atoms with van der Waals surface area (Å²) < 4.78 is 3.76. The van der Waals surface area contributed by atoms with Gasteiger partial charge >= 0.3 is 0 Å². The summed E-state index contributed by atoms with van der Waals surface area (Å²) in [6, 6.07) is 52.4. The van der Waals surface area contributed by atoms with E-state index in [0.29, 0.717) is 0 Å². The molecule has 0 saturated carbocycles. The van der Waals surface area contributed by atoms with Gasteiger partial charge in [-0.2, -0.15) is 0 Å². The Morgan fingerprint density at radius 3 is 1.65 bits per heavy atom. The summed E-state index contributed by atoms with van der Waals surface area (Å²) in [5.74, 6) is 0. The highest BCUT2D eigenvalue weighted by Gasteiger charge is 2.20. The van der Waals surface area contributed by atoms with Crippen molar-refractivity contribution in [3.63, 3.8) is 0 Å². The topological polar surface area (TPSA) is 4.93 Å². The Labute approximate surface area is 338 Å². The standard InChI is InChI=1S/C55H43NS/c1-7-8-17-42-37(6)57-55-43(19-14-20-45(42)55)40-24-27-52-46(32-40)44-18-12-13-21-51(44)56(52)41-25-22-39(23-26-41)54-49-30-35(4)33(2)28-47(49)53(38-15-10-9-11-16-38)48-29-34(3)36(5)31-50(48)54/h7-32H,1H2,2-6H3/b17-8-. The minimum atomic E-state index is 1.15. The maximum atomic E-state index is 3.89. The number of thiophene rings is 1. The maximum absolute atomic E-state index is 3.89. The second-order valence-electron chi connectivity index (χ2n) is 15.6. The van der Waals surface area contributed by atoms with E-state index in [2.05, 4.69) is 191 Å². The quantitative estimate of drug-likeness (QED) is 0.118. The van der Waals surface area contributed by atoms with Gasteiger partial charge in [0.05, 0.1) is 11.0 Å². The molecule has 0 aliphatic heterocycles. The lowest BCUT2D eigenvalue weighted by Crippen LogP contribution is -1.96. The Bertz CT molecular complexity index is 3210.